The van der Waals surface area contributed by atoms with Crippen molar-refractivity contribution < 1.29 is 14.3 Å². The van der Waals surface area contributed by atoms with Crippen LogP contribution in [0.25, 0.3) is 22.7 Å². The highest BCUT2D eigenvalue weighted by atomic mass is 16.5. The lowest BCUT2D eigenvalue weighted by Gasteiger charge is -2.11. The molecule has 0 fully saturated rings. The predicted octanol–water partition coefficient (Wildman–Crippen LogP) is 5.04. The first-order chi connectivity index (χ1) is 16.2. The molecule has 4 rings (SSSR count). The molecule has 3 aromatic carbocycles. The van der Waals surface area contributed by atoms with Gasteiger partial charge in [-0.15, -0.1) is 0 Å². The molecule has 0 aliphatic heterocycles. The normalized spacial score (nSPS) is 11.1. The van der Waals surface area contributed by atoms with Gasteiger partial charge in [0.1, 0.15) is 23.4 Å². The van der Waals surface area contributed by atoms with Gasteiger partial charge in [-0.2, -0.15) is 5.26 Å². The molecule has 1 heterocycles. The van der Waals surface area contributed by atoms with Crippen molar-refractivity contribution in [2.24, 2.45) is 0 Å². The van der Waals surface area contributed by atoms with Crippen LogP contribution in [0.1, 0.15) is 18.3 Å². The first-order valence-corrected chi connectivity index (χ1v) is 10.5. The van der Waals surface area contributed by atoms with Gasteiger partial charge >= 0.3 is 0 Å². The second kappa shape index (κ2) is 10.2. The van der Waals surface area contributed by atoms with E-state index in [4.69, 9.17) is 9.47 Å². The Morgan fingerprint density at radius 3 is 2.58 bits per heavy atom. The fourth-order valence-corrected chi connectivity index (χ4v) is 3.25. The van der Waals surface area contributed by atoms with E-state index in [1.807, 2.05) is 55.5 Å². The Morgan fingerprint density at radius 1 is 1.06 bits per heavy atom. The average molecular weight is 438 g/mol. The summed E-state index contributed by atoms with van der Waals surface area (Å²) in [6.45, 7) is 2.25. The van der Waals surface area contributed by atoms with Crippen LogP contribution in [0.3, 0.4) is 0 Å². The van der Waals surface area contributed by atoms with Crippen LogP contribution >= 0.6 is 0 Å². The minimum absolute atomic E-state index is 0.141. The standard InChI is InChI=1S/C26H22N4O3/c1-2-32-24-10-6-5-9-23(24)28-25(31)17-33-20-13-11-18(12-14-20)15-19(16-27)26-29-21-7-3-4-8-22(21)30-26/h3-15H,2,17H2,1H3,(H,28,31)(H,29,30)/b19-15+. The van der Waals surface area contributed by atoms with Gasteiger partial charge in [-0.3, -0.25) is 4.79 Å². The van der Waals surface area contributed by atoms with Crippen molar-refractivity contribution in [1.29, 1.82) is 5.26 Å². The van der Waals surface area contributed by atoms with Gasteiger partial charge in [0.25, 0.3) is 5.91 Å². The second-order valence-electron chi connectivity index (χ2n) is 7.11. The highest BCUT2D eigenvalue weighted by Crippen LogP contribution is 2.24. The quantitative estimate of drug-likeness (QED) is 0.375. The van der Waals surface area contributed by atoms with Gasteiger partial charge in [0.2, 0.25) is 0 Å². The molecule has 33 heavy (non-hydrogen) atoms. The van der Waals surface area contributed by atoms with Gasteiger partial charge in [-0.1, -0.05) is 36.4 Å². The topological polar surface area (TPSA) is 100 Å². The van der Waals surface area contributed by atoms with Crippen molar-refractivity contribution in [3.63, 3.8) is 0 Å². The van der Waals surface area contributed by atoms with Gasteiger partial charge < -0.3 is 19.8 Å². The Labute approximate surface area is 191 Å². The zero-order chi connectivity index (χ0) is 23.0. The Morgan fingerprint density at radius 2 is 1.82 bits per heavy atom. The maximum Gasteiger partial charge on any atom is 0.262 e. The zero-order valence-corrected chi connectivity index (χ0v) is 18.0. The maximum atomic E-state index is 12.3. The number of aromatic amines is 1. The first-order valence-electron chi connectivity index (χ1n) is 10.5. The van der Waals surface area contributed by atoms with Crippen molar-refractivity contribution in [2.45, 2.75) is 6.92 Å². The number of H-pyrrole nitrogens is 1. The van der Waals surface area contributed by atoms with E-state index in [-0.39, 0.29) is 12.5 Å². The number of amides is 1. The second-order valence-corrected chi connectivity index (χ2v) is 7.11. The molecule has 0 radical (unpaired) electrons. The molecule has 0 bridgehead atoms. The number of ether oxygens (including phenoxy) is 2. The Bertz CT molecular complexity index is 1300. The molecule has 7 nitrogen and oxygen atoms in total. The lowest BCUT2D eigenvalue weighted by Crippen LogP contribution is -2.20. The van der Waals surface area contributed by atoms with Crippen molar-refractivity contribution in [3.05, 3.63) is 84.2 Å². The van der Waals surface area contributed by atoms with Crippen molar-refractivity contribution >= 4 is 34.3 Å². The number of imidazole rings is 1. The summed E-state index contributed by atoms with van der Waals surface area (Å²) in [5.74, 6) is 1.38. The third-order valence-electron chi connectivity index (χ3n) is 4.79. The number of benzene rings is 3. The molecule has 164 valence electrons. The minimum atomic E-state index is -0.289. The van der Waals surface area contributed by atoms with Crippen molar-refractivity contribution in [3.8, 4) is 17.6 Å². The lowest BCUT2D eigenvalue weighted by atomic mass is 10.1. The maximum absolute atomic E-state index is 12.3. The number of allylic oxidation sites excluding steroid dienone is 1. The van der Waals surface area contributed by atoms with Crippen LogP contribution in [-0.4, -0.2) is 29.1 Å². The molecule has 0 atom stereocenters. The smallest absolute Gasteiger partial charge is 0.262 e. The number of para-hydroxylation sites is 4. The molecule has 1 amide bonds. The largest absolute Gasteiger partial charge is 0.492 e. The van der Waals surface area contributed by atoms with Gasteiger partial charge in [0, 0.05) is 0 Å². The van der Waals surface area contributed by atoms with Crippen molar-refractivity contribution in [1.82, 2.24) is 9.97 Å². The number of hydrogen-bond donors (Lipinski definition) is 2. The summed E-state index contributed by atoms with van der Waals surface area (Å²) in [6.07, 6.45) is 1.75. The number of carbonyl (C=O) groups is 1. The highest BCUT2D eigenvalue weighted by Gasteiger charge is 2.09. The van der Waals surface area contributed by atoms with Gasteiger partial charge in [-0.05, 0) is 55.0 Å². The van der Waals surface area contributed by atoms with Crippen molar-refractivity contribution in [2.75, 3.05) is 18.5 Å². The van der Waals surface area contributed by atoms with E-state index in [0.29, 0.717) is 35.2 Å². The predicted molar refractivity (Wildman–Crippen MR) is 128 cm³/mol. The molecule has 1 aromatic heterocycles. The fraction of sp³-hybridized carbons (Fsp3) is 0.115. The number of carbonyl (C=O) groups excluding carboxylic acids is 1. The molecular formula is C26H22N4O3. The zero-order valence-electron chi connectivity index (χ0n) is 18.0. The SMILES string of the molecule is CCOc1ccccc1NC(=O)COc1ccc(/C=C(\C#N)c2nc3ccccc3[nH]2)cc1. The number of rotatable bonds is 8. The summed E-state index contributed by atoms with van der Waals surface area (Å²) >= 11 is 0. The molecule has 7 heteroatoms. The van der Waals surface area contributed by atoms with E-state index in [9.17, 15) is 10.1 Å². The monoisotopic (exact) mass is 438 g/mol. The van der Waals surface area contributed by atoms with Crippen LogP contribution in [0.4, 0.5) is 5.69 Å². The van der Waals surface area contributed by atoms with Crippen LogP contribution in [0.5, 0.6) is 11.5 Å². The third kappa shape index (κ3) is 5.38. The van der Waals surface area contributed by atoms with Crippen LogP contribution < -0.4 is 14.8 Å². The molecule has 0 aliphatic carbocycles. The molecule has 0 saturated heterocycles. The van der Waals surface area contributed by atoms with E-state index >= 15 is 0 Å². The summed E-state index contributed by atoms with van der Waals surface area (Å²) in [5, 5.41) is 12.4. The fourth-order valence-electron chi connectivity index (χ4n) is 3.25. The number of anilines is 1. The van der Waals surface area contributed by atoms with Gasteiger partial charge in [0.15, 0.2) is 6.61 Å². The number of hydrogen-bond acceptors (Lipinski definition) is 5. The summed E-state index contributed by atoms with van der Waals surface area (Å²) < 4.78 is 11.1. The Hall–Kier alpha value is -4.57. The summed E-state index contributed by atoms with van der Waals surface area (Å²) in [7, 11) is 0. The van der Waals surface area contributed by atoms with E-state index in [2.05, 4.69) is 21.4 Å². The van der Waals surface area contributed by atoms with Gasteiger partial charge in [-0.25, -0.2) is 4.98 Å². The molecule has 0 unspecified atom stereocenters. The van der Waals surface area contributed by atoms with E-state index < -0.39 is 0 Å². The van der Waals surface area contributed by atoms with Crippen LogP contribution in [0, 0.1) is 11.3 Å². The number of nitrogens with one attached hydrogen (secondary N) is 2. The van der Waals surface area contributed by atoms with E-state index in [1.165, 1.54) is 0 Å². The summed E-state index contributed by atoms with van der Waals surface area (Å²) in [5.41, 5.74) is 3.52. The molecule has 4 aromatic rings. The summed E-state index contributed by atoms with van der Waals surface area (Å²) in [6, 6.07) is 24.2. The Kier molecular flexibility index (Phi) is 6.67. The molecule has 2 N–H and O–H groups in total. The van der Waals surface area contributed by atoms with Crippen LogP contribution in [0.2, 0.25) is 0 Å². The summed E-state index contributed by atoms with van der Waals surface area (Å²) in [4.78, 5) is 19.9. The molecule has 0 aliphatic rings. The average Bonchev–Trinajstić information content (AvgIpc) is 3.27. The number of fused-ring (bicyclic) bond motifs is 1. The Balaban J connectivity index is 1.39. The molecule has 0 saturated carbocycles. The highest BCUT2D eigenvalue weighted by molar-refractivity contribution is 5.93. The minimum Gasteiger partial charge on any atom is -0.492 e. The number of nitriles is 1. The molecular weight excluding hydrogens is 416 g/mol. The van der Waals surface area contributed by atoms with E-state index in [1.54, 1.807) is 30.3 Å². The van der Waals surface area contributed by atoms with Crippen LogP contribution in [0.15, 0.2) is 72.8 Å². The van der Waals surface area contributed by atoms with E-state index in [0.717, 1.165) is 16.6 Å². The molecule has 0 spiro atoms. The van der Waals surface area contributed by atoms with Gasteiger partial charge in [0.05, 0.1) is 28.9 Å². The third-order valence-corrected chi connectivity index (χ3v) is 4.79. The number of aromatic nitrogens is 2. The van der Waals surface area contributed by atoms with Crippen LogP contribution in [-0.2, 0) is 4.79 Å². The first kappa shape index (κ1) is 21.7. The lowest BCUT2D eigenvalue weighted by molar-refractivity contribution is -0.118. The number of nitrogens with zero attached hydrogens (tertiary/aromatic N) is 2.